The molecule has 1 aromatic carbocycles. The van der Waals surface area contributed by atoms with E-state index >= 15 is 0 Å². The van der Waals surface area contributed by atoms with Crippen molar-refractivity contribution in [1.29, 1.82) is 0 Å². The van der Waals surface area contributed by atoms with Crippen molar-refractivity contribution in [3.05, 3.63) is 33.3 Å². The second kappa shape index (κ2) is 6.32. The number of carbonyl (C=O) groups is 1. The summed E-state index contributed by atoms with van der Waals surface area (Å²) in [6, 6.07) is 5.16. The van der Waals surface area contributed by atoms with E-state index in [4.69, 9.17) is 27.9 Å². The van der Waals surface area contributed by atoms with Crippen LogP contribution in [0.15, 0.2) is 18.2 Å². The molecule has 0 unspecified atom stereocenters. The van der Waals surface area contributed by atoms with Crippen molar-refractivity contribution in [2.24, 2.45) is 0 Å². The summed E-state index contributed by atoms with van der Waals surface area (Å²) in [6.45, 7) is 2.12. The third-order valence-electron chi connectivity index (χ3n) is 2.25. The van der Waals surface area contributed by atoms with Gasteiger partial charge in [0.25, 0.3) is 0 Å². The Labute approximate surface area is 124 Å². The van der Waals surface area contributed by atoms with Crippen LogP contribution in [0.3, 0.4) is 0 Å². The van der Waals surface area contributed by atoms with Crippen LogP contribution in [0.2, 0.25) is 10.0 Å². The topological polar surface area (TPSA) is 52.1 Å². The van der Waals surface area contributed by atoms with Crippen molar-refractivity contribution in [3.8, 4) is 11.4 Å². The molecule has 0 atom stereocenters. The Morgan fingerprint density at radius 1 is 1.37 bits per heavy atom. The molecule has 4 nitrogen and oxygen atoms in total. The van der Waals surface area contributed by atoms with E-state index in [1.165, 1.54) is 11.5 Å². The molecule has 1 aromatic heterocycles. The first-order valence-electron chi connectivity index (χ1n) is 5.53. The molecule has 0 aliphatic heterocycles. The lowest BCUT2D eigenvalue weighted by molar-refractivity contribution is -0.142. The maximum Gasteiger partial charge on any atom is 0.312 e. The number of ether oxygens (including phenoxy) is 1. The summed E-state index contributed by atoms with van der Waals surface area (Å²) in [4.78, 5) is 15.6. The van der Waals surface area contributed by atoms with Gasteiger partial charge >= 0.3 is 5.97 Å². The van der Waals surface area contributed by atoms with Crippen LogP contribution >= 0.6 is 34.7 Å². The van der Waals surface area contributed by atoms with Crippen LogP contribution in [-0.4, -0.2) is 21.9 Å². The third-order valence-corrected chi connectivity index (χ3v) is 3.70. The van der Waals surface area contributed by atoms with E-state index in [1.54, 1.807) is 25.1 Å². The van der Waals surface area contributed by atoms with Gasteiger partial charge in [-0.3, -0.25) is 4.79 Å². The highest BCUT2D eigenvalue weighted by molar-refractivity contribution is 7.05. The fraction of sp³-hybridized carbons (Fsp3) is 0.250. The zero-order chi connectivity index (χ0) is 13.8. The highest BCUT2D eigenvalue weighted by Gasteiger charge is 2.12. The second-order valence-corrected chi connectivity index (χ2v) is 5.27. The average Bonchev–Trinajstić information content (AvgIpc) is 2.81. The van der Waals surface area contributed by atoms with Crippen LogP contribution in [0.5, 0.6) is 0 Å². The van der Waals surface area contributed by atoms with Crippen LogP contribution in [0.1, 0.15) is 11.9 Å². The molecule has 0 N–H and O–H groups in total. The maximum absolute atomic E-state index is 11.3. The summed E-state index contributed by atoms with van der Waals surface area (Å²) < 4.78 is 9.05. The van der Waals surface area contributed by atoms with Gasteiger partial charge in [-0.1, -0.05) is 23.2 Å². The van der Waals surface area contributed by atoms with Gasteiger partial charge in [0, 0.05) is 5.56 Å². The van der Waals surface area contributed by atoms with Crippen LogP contribution in [-0.2, 0) is 16.0 Å². The molecule has 0 radical (unpaired) electrons. The Hall–Kier alpha value is -1.17. The van der Waals surface area contributed by atoms with Crippen LogP contribution in [0, 0.1) is 0 Å². The lowest BCUT2D eigenvalue weighted by atomic mass is 10.2. The van der Waals surface area contributed by atoms with Gasteiger partial charge in [0.15, 0.2) is 5.82 Å². The van der Waals surface area contributed by atoms with Gasteiger partial charge in [-0.2, -0.15) is 4.37 Å². The van der Waals surface area contributed by atoms with Gasteiger partial charge in [-0.15, -0.1) is 0 Å². The number of benzene rings is 1. The van der Waals surface area contributed by atoms with E-state index in [-0.39, 0.29) is 12.4 Å². The monoisotopic (exact) mass is 316 g/mol. The average molecular weight is 317 g/mol. The minimum atomic E-state index is -0.306. The fourth-order valence-electron chi connectivity index (χ4n) is 1.41. The van der Waals surface area contributed by atoms with Crippen molar-refractivity contribution >= 4 is 40.7 Å². The number of hydrogen-bond acceptors (Lipinski definition) is 5. The Kier molecular flexibility index (Phi) is 4.74. The van der Waals surface area contributed by atoms with Crippen LogP contribution in [0.4, 0.5) is 0 Å². The molecule has 1 heterocycles. The Balaban J connectivity index is 2.16. The zero-order valence-corrected chi connectivity index (χ0v) is 12.3. The van der Waals surface area contributed by atoms with Crippen molar-refractivity contribution in [3.63, 3.8) is 0 Å². The quantitative estimate of drug-likeness (QED) is 0.808. The van der Waals surface area contributed by atoms with E-state index in [0.717, 1.165) is 5.56 Å². The first-order chi connectivity index (χ1) is 9.10. The molecule has 0 aliphatic carbocycles. The van der Waals surface area contributed by atoms with Gasteiger partial charge in [0.1, 0.15) is 5.01 Å². The molecule has 0 saturated carbocycles. The molecule has 0 amide bonds. The number of halogens is 2. The van der Waals surface area contributed by atoms with Crippen LogP contribution < -0.4 is 0 Å². The lowest BCUT2D eigenvalue weighted by Gasteiger charge is -1.99. The van der Waals surface area contributed by atoms with E-state index in [1.807, 2.05) is 0 Å². The standard InChI is InChI=1S/C12H10Cl2N2O2S/c1-2-18-11(17)6-10-15-12(16-19-10)7-3-4-8(13)9(14)5-7/h3-5H,2,6H2,1H3. The number of esters is 1. The Morgan fingerprint density at radius 2 is 2.16 bits per heavy atom. The summed E-state index contributed by atoms with van der Waals surface area (Å²) in [7, 11) is 0. The lowest BCUT2D eigenvalue weighted by Crippen LogP contribution is -2.07. The largest absolute Gasteiger partial charge is 0.466 e. The molecule has 7 heteroatoms. The summed E-state index contributed by atoms with van der Waals surface area (Å²) >= 11 is 13.0. The minimum absolute atomic E-state index is 0.132. The number of nitrogens with zero attached hydrogens (tertiary/aromatic N) is 2. The van der Waals surface area contributed by atoms with E-state index in [0.29, 0.717) is 27.5 Å². The SMILES string of the molecule is CCOC(=O)Cc1nc(-c2ccc(Cl)c(Cl)c2)ns1. The van der Waals surface area contributed by atoms with Crippen molar-refractivity contribution in [2.45, 2.75) is 13.3 Å². The van der Waals surface area contributed by atoms with E-state index in [2.05, 4.69) is 9.36 Å². The first kappa shape index (κ1) is 14.2. The molecular formula is C12H10Cl2N2O2S. The molecule has 2 rings (SSSR count). The highest BCUT2D eigenvalue weighted by Crippen LogP contribution is 2.27. The normalized spacial score (nSPS) is 10.5. The molecule has 0 spiro atoms. The predicted octanol–water partition coefficient (Wildman–Crippen LogP) is 3.62. The molecule has 2 aromatic rings. The number of carbonyl (C=O) groups excluding carboxylic acids is 1. The summed E-state index contributed by atoms with van der Waals surface area (Å²) in [5.74, 6) is 0.224. The Bertz CT molecular complexity index is 601. The van der Waals surface area contributed by atoms with Crippen LogP contribution in [0.25, 0.3) is 11.4 Å². The van der Waals surface area contributed by atoms with Gasteiger partial charge in [-0.25, -0.2) is 4.98 Å². The van der Waals surface area contributed by atoms with Gasteiger partial charge in [0.05, 0.1) is 23.1 Å². The smallest absolute Gasteiger partial charge is 0.312 e. The van der Waals surface area contributed by atoms with Crippen molar-refractivity contribution in [2.75, 3.05) is 6.61 Å². The molecule has 19 heavy (non-hydrogen) atoms. The minimum Gasteiger partial charge on any atom is -0.466 e. The molecule has 100 valence electrons. The van der Waals surface area contributed by atoms with Gasteiger partial charge in [0.2, 0.25) is 0 Å². The second-order valence-electron chi connectivity index (χ2n) is 3.62. The fourth-order valence-corrected chi connectivity index (χ4v) is 2.36. The number of hydrogen-bond donors (Lipinski definition) is 0. The third kappa shape index (κ3) is 3.65. The first-order valence-corrected chi connectivity index (χ1v) is 7.06. The van der Waals surface area contributed by atoms with E-state index < -0.39 is 0 Å². The molecular weight excluding hydrogens is 307 g/mol. The predicted molar refractivity (Wildman–Crippen MR) is 75.7 cm³/mol. The number of aromatic nitrogens is 2. The van der Waals surface area contributed by atoms with Crippen molar-refractivity contribution < 1.29 is 9.53 Å². The Morgan fingerprint density at radius 3 is 2.84 bits per heavy atom. The zero-order valence-electron chi connectivity index (χ0n) is 10.0. The molecule has 0 fully saturated rings. The maximum atomic E-state index is 11.3. The number of rotatable bonds is 4. The summed E-state index contributed by atoms with van der Waals surface area (Å²) in [6.07, 6.45) is 0.132. The highest BCUT2D eigenvalue weighted by atomic mass is 35.5. The molecule has 0 bridgehead atoms. The molecule has 0 aliphatic rings. The molecule has 0 saturated heterocycles. The van der Waals surface area contributed by atoms with Gasteiger partial charge < -0.3 is 4.74 Å². The summed E-state index contributed by atoms with van der Waals surface area (Å²) in [5, 5.41) is 1.54. The summed E-state index contributed by atoms with van der Waals surface area (Å²) in [5.41, 5.74) is 0.765. The van der Waals surface area contributed by atoms with Crippen molar-refractivity contribution in [1.82, 2.24) is 9.36 Å². The van der Waals surface area contributed by atoms with Gasteiger partial charge in [-0.05, 0) is 36.7 Å². The van der Waals surface area contributed by atoms with E-state index in [9.17, 15) is 4.79 Å².